The number of aromatic nitrogens is 3. The average Bonchev–Trinajstić information content (AvgIpc) is 2.80. The Morgan fingerprint density at radius 3 is 2.50 bits per heavy atom. The van der Waals surface area contributed by atoms with Crippen molar-refractivity contribution in [2.45, 2.75) is 26.9 Å². The summed E-state index contributed by atoms with van der Waals surface area (Å²) in [6.07, 6.45) is 1.79. The first-order valence-corrected chi connectivity index (χ1v) is 11.1. The van der Waals surface area contributed by atoms with Crippen molar-refractivity contribution in [3.05, 3.63) is 64.2 Å². The van der Waals surface area contributed by atoms with E-state index in [9.17, 15) is 9.59 Å². The van der Waals surface area contributed by atoms with Crippen LogP contribution in [0.25, 0.3) is 10.8 Å². The van der Waals surface area contributed by atoms with E-state index in [1.54, 1.807) is 18.3 Å². The number of pyridine rings is 1. The summed E-state index contributed by atoms with van der Waals surface area (Å²) in [5.74, 6) is 0.842. The van der Waals surface area contributed by atoms with Crippen LogP contribution in [0.3, 0.4) is 0 Å². The van der Waals surface area contributed by atoms with Crippen LogP contribution in [0.4, 0.5) is 5.82 Å². The molecule has 32 heavy (non-hydrogen) atoms. The van der Waals surface area contributed by atoms with Crippen LogP contribution in [0.2, 0.25) is 0 Å². The molecule has 0 aliphatic carbocycles. The maximum absolute atomic E-state index is 13.2. The molecule has 0 saturated carbocycles. The van der Waals surface area contributed by atoms with Crippen molar-refractivity contribution in [3.8, 4) is 0 Å². The molecule has 168 valence electrons. The van der Waals surface area contributed by atoms with Crippen molar-refractivity contribution in [2.24, 2.45) is 5.92 Å². The minimum atomic E-state index is -0.299. The third kappa shape index (κ3) is 4.65. The predicted octanol–water partition coefficient (Wildman–Crippen LogP) is 2.13. The van der Waals surface area contributed by atoms with Crippen LogP contribution >= 0.6 is 0 Å². The fourth-order valence-corrected chi connectivity index (χ4v) is 4.00. The molecule has 4 rings (SSSR count). The largest absolute Gasteiger partial charge is 0.354 e. The molecule has 8 nitrogen and oxygen atoms in total. The van der Waals surface area contributed by atoms with Gasteiger partial charge < -0.3 is 15.1 Å². The number of nitrogens with zero attached hydrogens (tertiary/aromatic N) is 5. The third-order valence-electron chi connectivity index (χ3n) is 5.73. The van der Waals surface area contributed by atoms with E-state index in [-0.39, 0.29) is 23.1 Å². The van der Waals surface area contributed by atoms with E-state index in [4.69, 9.17) is 0 Å². The van der Waals surface area contributed by atoms with Gasteiger partial charge in [-0.15, -0.1) is 0 Å². The highest BCUT2D eigenvalue weighted by molar-refractivity contribution is 6.04. The summed E-state index contributed by atoms with van der Waals surface area (Å²) in [7, 11) is 2.12. The molecule has 3 heterocycles. The number of likely N-dealkylation sites (N-methyl/N-ethyl adjacent to an activating group) is 1. The van der Waals surface area contributed by atoms with E-state index >= 15 is 0 Å². The van der Waals surface area contributed by atoms with E-state index in [2.05, 4.69) is 32.2 Å². The minimum Gasteiger partial charge on any atom is -0.354 e. The molecule has 0 spiro atoms. The van der Waals surface area contributed by atoms with Crippen molar-refractivity contribution in [3.63, 3.8) is 0 Å². The first-order valence-electron chi connectivity index (χ1n) is 11.1. The van der Waals surface area contributed by atoms with Gasteiger partial charge in [0.05, 0.1) is 5.39 Å². The number of amides is 1. The maximum atomic E-state index is 13.2. The van der Waals surface area contributed by atoms with Gasteiger partial charge in [-0.3, -0.25) is 9.59 Å². The lowest BCUT2D eigenvalue weighted by atomic mass is 10.1. The van der Waals surface area contributed by atoms with Crippen LogP contribution in [0.1, 0.15) is 29.9 Å². The fourth-order valence-electron chi connectivity index (χ4n) is 4.00. The van der Waals surface area contributed by atoms with Gasteiger partial charge >= 0.3 is 0 Å². The molecule has 1 aliphatic heterocycles. The summed E-state index contributed by atoms with van der Waals surface area (Å²) < 4.78 is 1.40. The number of nitrogens with one attached hydrogen (secondary N) is 1. The van der Waals surface area contributed by atoms with Gasteiger partial charge in [-0.25, -0.2) is 9.67 Å². The molecule has 1 amide bonds. The average molecular weight is 435 g/mol. The van der Waals surface area contributed by atoms with Crippen molar-refractivity contribution in [2.75, 3.05) is 38.1 Å². The van der Waals surface area contributed by atoms with Gasteiger partial charge in [-0.2, -0.15) is 5.10 Å². The summed E-state index contributed by atoms with van der Waals surface area (Å²) in [6.45, 7) is 8.61. The Kier molecular flexibility index (Phi) is 6.50. The number of carbonyl (C=O) groups excluding carboxylic acids is 1. The summed E-state index contributed by atoms with van der Waals surface area (Å²) in [5.41, 5.74) is 1.06. The Morgan fingerprint density at radius 2 is 1.78 bits per heavy atom. The number of piperazine rings is 1. The monoisotopic (exact) mass is 434 g/mol. The van der Waals surface area contributed by atoms with Crippen LogP contribution in [-0.2, 0) is 13.1 Å². The standard InChI is InChI=1S/C24H30N6O2/c1-17(2)16-30-24(32)20-9-5-4-8-19(20)21(27-30)23(31)26-15-18-7-6-10-25-22(18)29-13-11-28(3)12-14-29/h4-10,17H,11-16H2,1-3H3,(H,26,31). The second kappa shape index (κ2) is 9.48. The van der Waals surface area contributed by atoms with Gasteiger partial charge in [0.2, 0.25) is 0 Å². The zero-order valence-electron chi connectivity index (χ0n) is 18.9. The lowest BCUT2D eigenvalue weighted by Gasteiger charge is -2.34. The molecule has 1 aromatic carbocycles. The number of hydrogen-bond acceptors (Lipinski definition) is 6. The highest BCUT2D eigenvalue weighted by Crippen LogP contribution is 2.19. The fraction of sp³-hybridized carbons (Fsp3) is 0.417. The topological polar surface area (TPSA) is 83.4 Å². The van der Waals surface area contributed by atoms with E-state index in [0.29, 0.717) is 23.9 Å². The Balaban J connectivity index is 1.59. The van der Waals surface area contributed by atoms with Gasteiger partial charge in [0.1, 0.15) is 5.82 Å². The predicted molar refractivity (Wildman–Crippen MR) is 126 cm³/mol. The Bertz CT molecular complexity index is 1160. The highest BCUT2D eigenvalue weighted by Gasteiger charge is 2.20. The minimum absolute atomic E-state index is 0.171. The normalized spacial score (nSPS) is 14.8. The van der Waals surface area contributed by atoms with Crippen LogP contribution in [0.5, 0.6) is 0 Å². The summed E-state index contributed by atoms with van der Waals surface area (Å²) in [6, 6.07) is 11.0. The smallest absolute Gasteiger partial charge is 0.274 e. The molecule has 2 aromatic heterocycles. The lowest BCUT2D eigenvalue weighted by Crippen LogP contribution is -2.45. The maximum Gasteiger partial charge on any atom is 0.274 e. The molecule has 0 atom stereocenters. The number of anilines is 1. The van der Waals surface area contributed by atoms with Crippen LogP contribution in [-0.4, -0.2) is 58.8 Å². The van der Waals surface area contributed by atoms with Crippen molar-refractivity contribution >= 4 is 22.5 Å². The van der Waals surface area contributed by atoms with Gasteiger partial charge in [-0.05, 0) is 25.1 Å². The Morgan fingerprint density at radius 1 is 1.06 bits per heavy atom. The molecular weight excluding hydrogens is 404 g/mol. The van der Waals surface area contributed by atoms with E-state index in [0.717, 1.165) is 37.6 Å². The summed E-state index contributed by atoms with van der Waals surface area (Å²) >= 11 is 0. The van der Waals surface area contributed by atoms with Crippen molar-refractivity contribution in [1.29, 1.82) is 0 Å². The number of rotatable bonds is 6. The third-order valence-corrected chi connectivity index (χ3v) is 5.73. The lowest BCUT2D eigenvalue weighted by molar-refractivity contribution is 0.0945. The van der Waals surface area contributed by atoms with E-state index in [1.807, 2.05) is 38.1 Å². The SMILES string of the molecule is CC(C)Cn1nc(C(=O)NCc2cccnc2N2CCN(C)CC2)c2ccccc2c1=O. The zero-order valence-corrected chi connectivity index (χ0v) is 18.9. The Labute approximate surface area is 187 Å². The van der Waals surface area contributed by atoms with E-state index < -0.39 is 0 Å². The number of benzene rings is 1. The second-order valence-corrected chi connectivity index (χ2v) is 8.73. The molecule has 3 aromatic rings. The summed E-state index contributed by atoms with van der Waals surface area (Å²) in [5, 5.41) is 8.51. The van der Waals surface area contributed by atoms with Crippen molar-refractivity contribution < 1.29 is 4.79 Å². The number of hydrogen-bond donors (Lipinski definition) is 1. The van der Waals surface area contributed by atoms with Crippen LogP contribution < -0.4 is 15.8 Å². The summed E-state index contributed by atoms with van der Waals surface area (Å²) in [4.78, 5) is 35.1. The van der Waals surface area contributed by atoms with Gasteiger partial charge in [-0.1, -0.05) is 38.1 Å². The van der Waals surface area contributed by atoms with Crippen LogP contribution in [0, 0.1) is 5.92 Å². The number of fused-ring (bicyclic) bond motifs is 1. The van der Waals surface area contributed by atoms with Gasteiger partial charge in [0.15, 0.2) is 5.69 Å². The quantitative estimate of drug-likeness (QED) is 0.640. The molecule has 1 aliphatic rings. The molecule has 0 bridgehead atoms. The highest BCUT2D eigenvalue weighted by atomic mass is 16.2. The first-order chi connectivity index (χ1) is 15.4. The van der Waals surface area contributed by atoms with Crippen LogP contribution in [0.15, 0.2) is 47.4 Å². The molecular formula is C24H30N6O2. The Hall–Kier alpha value is -3.26. The first kappa shape index (κ1) is 22.0. The molecule has 8 heteroatoms. The van der Waals surface area contributed by atoms with E-state index in [1.165, 1.54) is 4.68 Å². The zero-order chi connectivity index (χ0) is 22.7. The molecule has 1 fully saturated rings. The molecule has 1 saturated heterocycles. The number of carbonyl (C=O) groups is 1. The second-order valence-electron chi connectivity index (χ2n) is 8.73. The van der Waals surface area contributed by atoms with Gasteiger partial charge in [0.25, 0.3) is 11.5 Å². The molecule has 0 unspecified atom stereocenters. The molecule has 1 N–H and O–H groups in total. The van der Waals surface area contributed by atoms with Crippen molar-refractivity contribution in [1.82, 2.24) is 25.0 Å². The van der Waals surface area contributed by atoms with Gasteiger partial charge in [0, 0.05) is 56.4 Å². The molecule has 0 radical (unpaired) electrons.